The van der Waals surface area contributed by atoms with Gasteiger partial charge < -0.3 is 16.4 Å². The maximum absolute atomic E-state index is 11.4. The van der Waals surface area contributed by atoms with Crippen molar-refractivity contribution in [3.05, 3.63) is 0 Å². The molecule has 1 aliphatic heterocycles. The predicted molar refractivity (Wildman–Crippen MR) is 61.9 cm³/mol. The highest BCUT2D eigenvalue weighted by molar-refractivity contribution is 7.91. The first-order valence-corrected chi connectivity index (χ1v) is 7.26. The molecule has 1 rings (SSSR count). The first-order chi connectivity index (χ1) is 7.94. The first kappa shape index (κ1) is 13.9. The zero-order valence-corrected chi connectivity index (χ0v) is 10.3. The van der Waals surface area contributed by atoms with Gasteiger partial charge in [-0.1, -0.05) is 0 Å². The molecule has 0 aromatic heterocycles. The molecule has 8 heteroatoms. The fourth-order valence-electron chi connectivity index (χ4n) is 1.55. The Morgan fingerprint density at radius 2 is 1.76 bits per heavy atom. The number of carbonyl (C=O) groups excluding carboxylic acids is 2. The van der Waals surface area contributed by atoms with Crippen LogP contribution >= 0.6 is 0 Å². The highest BCUT2D eigenvalue weighted by Gasteiger charge is 2.26. The minimum atomic E-state index is -2.95. The second-order valence-corrected chi connectivity index (χ2v) is 6.25. The number of rotatable bonds is 3. The highest BCUT2D eigenvalue weighted by atomic mass is 32.2. The zero-order valence-electron chi connectivity index (χ0n) is 9.44. The Hall–Kier alpha value is -1.15. The predicted octanol–water partition coefficient (Wildman–Crippen LogP) is -2.25. The van der Waals surface area contributed by atoms with Gasteiger partial charge in [0.2, 0.25) is 0 Å². The van der Waals surface area contributed by atoms with Gasteiger partial charge in [0, 0.05) is 19.1 Å². The van der Waals surface area contributed by atoms with E-state index in [1.807, 2.05) is 0 Å². The summed E-state index contributed by atoms with van der Waals surface area (Å²) in [6.45, 7) is 0.506. The Morgan fingerprint density at radius 1 is 1.18 bits per heavy atom. The summed E-state index contributed by atoms with van der Waals surface area (Å²) in [4.78, 5) is 22.6. The molecule has 0 atom stereocenters. The van der Waals surface area contributed by atoms with Crippen molar-refractivity contribution in [2.45, 2.75) is 18.9 Å². The van der Waals surface area contributed by atoms with Crippen LogP contribution < -0.4 is 16.4 Å². The van der Waals surface area contributed by atoms with Crippen LogP contribution in [0.15, 0.2) is 0 Å². The number of amides is 2. The Morgan fingerprint density at radius 3 is 2.29 bits per heavy atom. The summed E-state index contributed by atoms with van der Waals surface area (Å²) in [7, 11) is -2.95. The van der Waals surface area contributed by atoms with Gasteiger partial charge in [-0.15, -0.1) is 0 Å². The van der Waals surface area contributed by atoms with Crippen molar-refractivity contribution in [2.24, 2.45) is 5.73 Å². The van der Waals surface area contributed by atoms with Crippen LogP contribution in [0.4, 0.5) is 0 Å². The van der Waals surface area contributed by atoms with Crippen molar-refractivity contribution in [3.63, 3.8) is 0 Å². The quantitative estimate of drug-likeness (QED) is 0.497. The standard InChI is InChI=1S/C9H17N3O4S/c10-3-4-11-8(13)9(14)12-7-1-5-17(15,16)6-2-7/h7H,1-6,10H2,(H,11,13)(H,12,14). The van der Waals surface area contributed by atoms with Gasteiger partial charge in [0.1, 0.15) is 9.84 Å². The number of hydrogen-bond donors (Lipinski definition) is 3. The van der Waals surface area contributed by atoms with E-state index >= 15 is 0 Å². The SMILES string of the molecule is NCCNC(=O)C(=O)NC1CCS(=O)(=O)CC1. The van der Waals surface area contributed by atoms with Gasteiger partial charge in [-0.05, 0) is 12.8 Å². The molecule has 0 unspecified atom stereocenters. The molecule has 0 spiro atoms. The fraction of sp³-hybridized carbons (Fsp3) is 0.778. The van der Waals surface area contributed by atoms with E-state index in [4.69, 9.17) is 5.73 Å². The van der Waals surface area contributed by atoms with Crippen LogP contribution in [0.5, 0.6) is 0 Å². The Kier molecular flexibility index (Phi) is 4.88. The normalized spacial score (nSPS) is 19.6. The van der Waals surface area contributed by atoms with E-state index in [2.05, 4.69) is 10.6 Å². The van der Waals surface area contributed by atoms with Crippen molar-refractivity contribution < 1.29 is 18.0 Å². The summed E-state index contributed by atoms with van der Waals surface area (Å²) in [5, 5.41) is 4.85. The largest absolute Gasteiger partial charge is 0.347 e. The first-order valence-electron chi connectivity index (χ1n) is 5.44. The van der Waals surface area contributed by atoms with Gasteiger partial charge in [0.15, 0.2) is 0 Å². The maximum atomic E-state index is 11.4. The summed E-state index contributed by atoms with van der Waals surface area (Å²) in [5.74, 6) is -1.35. The van der Waals surface area contributed by atoms with Crippen LogP contribution in [0.3, 0.4) is 0 Å². The van der Waals surface area contributed by atoms with Crippen molar-refractivity contribution in [1.82, 2.24) is 10.6 Å². The van der Waals surface area contributed by atoms with Crippen LogP contribution in [-0.2, 0) is 19.4 Å². The smallest absolute Gasteiger partial charge is 0.309 e. The summed E-state index contributed by atoms with van der Waals surface area (Å²) in [5.41, 5.74) is 5.18. The summed E-state index contributed by atoms with van der Waals surface area (Å²) < 4.78 is 22.3. The third-order valence-corrected chi connectivity index (χ3v) is 4.24. The van der Waals surface area contributed by atoms with Gasteiger partial charge in [-0.25, -0.2) is 8.42 Å². The molecular formula is C9H17N3O4S. The molecule has 2 amide bonds. The fourth-order valence-corrected chi connectivity index (χ4v) is 3.04. The molecule has 1 aliphatic rings. The van der Waals surface area contributed by atoms with E-state index in [0.29, 0.717) is 12.8 Å². The van der Waals surface area contributed by atoms with E-state index in [1.54, 1.807) is 0 Å². The van der Waals surface area contributed by atoms with Crippen molar-refractivity contribution in [2.75, 3.05) is 24.6 Å². The molecular weight excluding hydrogens is 246 g/mol. The minimum absolute atomic E-state index is 0.0579. The molecule has 1 fully saturated rings. The number of nitrogens with two attached hydrogens (primary N) is 1. The third-order valence-electron chi connectivity index (χ3n) is 2.53. The molecule has 0 bridgehead atoms. The summed E-state index contributed by atoms with van der Waals surface area (Å²) in [6.07, 6.45) is 0.719. The monoisotopic (exact) mass is 263 g/mol. The molecule has 0 saturated carbocycles. The maximum Gasteiger partial charge on any atom is 0.309 e. The lowest BCUT2D eigenvalue weighted by molar-refractivity contribution is -0.139. The zero-order chi connectivity index (χ0) is 12.9. The molecule has 1 saturated heterocycles. The average molecular weight is 263 g/mol. The van der Waals surface area contributed by atoms with Crippen LogP contribution in [0.1, 0.15) is 12.8 Å². The van der Waals surface area contributed by atoms with Crippen molar-refractivity contribution in [1.29, 1.82) is 0 Å². The van der Waals surface area contributed by atoms with Gasteiger partial charge in [0.05, 0.1) is 11.5 Å². The topological polar surface area (TPSA) is 118 Å². The highest BCUT2D eigenvalue weighted by Crippen LogP contribution is 2.11. The molecule has 0 aromatic carbocycles. The van der Waals surface area contributed by atoms with Gasteiger partial charge >= 0.3 is 11.8 Å². The second-order valence-electron chi connectivity index (χ2n) is 3.94. The van der Waals surface area contributed by atoms with Crippen LogP contribution in [-0.4, -0.2) is 50.9 Å². The van der Waals surface area contributed by atoms with Gasteiger partial charge in [0.25, 0.3) is 0 Å². The number of nitrogens with one attached hydrogen (secondary N) is 2. The molecule has 0 aliphatic carbocycles. The Balaban J connectivity index is 2.35. The van der Waals surface area contributed by atoms with E-state index in [0.717, 1.165) is 0 Å². The summed E-state index contributed by atoms with van der Waals surface area (Å²) >= 11 is 0. The average Bonchev–Trinajstić information content (AvgIpc) is 2.28. The summed E-state index contributed by atoms with van der Waals surface area (Å²) in [6, 6.07) is -0.241. The second kappa shape index (κ2) is 5.97. The molecule has 98 valence electrons. The van der Waals surface area contributed by atoms with Crippen molar-refractivity contribution in [3.8, 4) is 0 Å². The van der Waals surface area contributed by atoms with Gasteiger partial charge in [-0.3, -0.25) is 9.59 Å². The van der Waals surface area contributed by atoms with E-state index in [9.17, 15) is 18.0 Å². The molecule has 4 N–H and O–H groups in total. The lowest BCUT2D eigenvalue weighted by Crippen LogP contribution is -2.47. The lowest BCUT2D eigenvalue weighted by Gasteiger charge is -2.22. The molecule has 17 heavy (non-hydrogen) atoms. The third kappa shape index (κ3) is 4.70. The van der Waals surface area contributed by atoms with Crippen LogP contribution in [0.25, 0.3) is 0 Å². The van der Waals surface area contributed by atoms with Crippen LogP contribution in [0.2, 0.25) is 0 Å². The van der Waals surface area contributed by atoms with E-state index in [-0.39, 0.29) is 30.6 Å². The van der Waals surface area contributed by atoms with Gasteiger partial charge in [-0.2, -0.15) is 0 Å². The van der Waals surface area contributed by atoms with E-state index in [1.165, 1.54) is 0 Å². The number of hydrogen-bond acceptors (Lipinski definition) is 5. The minimum Gasteiger partial charge on any atom is -0.347 e. The lowest BCUT2D eigenvalue weighted by atomic mass is 10.1. The number of carbonyl (C=O) groups is 2. The molecule has 7 nitrogen and oxygen atoms in total. The van der Waals surface area contributed by atoms with E-state index < -0.39 is 21.7 Å². The number of sulfone groups is 1. The molecule has 0 aromatic rings. The molecule has 0 radical (unpaired) electrons. The molecule has 1 heterocycles. The Bertz CT molecular complexity index is 379. The van der Waals surface area contributed by atoms with Crippen molar-refractivity contribution >= 4 is 21.7 Å². The van der Waals surface area contributed by atoms with Crippen LogP contribution in [0, 0.1) is 0 Å². The Labute approximate surface area is 100 Å².